The van der Waals surface area contributed by atoms with Gasteiger partial charge in [0.25, 0.3) is 0 Å². The highest BCUT2D eigenvalue weighted by Gasteiger charge is 2.19. The second-order valence-corrected chi connectivity index (χ2v) is 4.51. The van der Waals surface area contributed by atoms with Gasteiger partial charge >= 0.3 is 0 Å². The van der Waals surface area contributed by atoms with Gasteiger partial charge in [0.05, 0.1) is 5.39 Å². The molecule has 1 nitrogen and oxygen atoms in total. The molecule has 0 atom stereocenters. The molecule has 0 aliphatic heterocycles. The third-order valence-electron chi connectivity index (χ3n) is 2.25. The first-order chi connectivity index (χ1) is 6.48. The Morgan fingerprint density at radius 2 is 1.87 bits per heavy atom. The van der Waals surface area contributed by atoms with Crippen LogP contribution in [0.3, 0.4) is 0 Å². The molecule has 0 amide bonds. The maximum Gasteiger partial charge on any atom is 0.137 e. The van der Waals surface area contributed by atoms with E-state index >= 15 is 0 Å². The Kier molecular flexibility index (Phi) is 2.89. The molecule has 1 aromatic heterocycles. The Bertz CT molecular complexity index is 463. The van der Waals surface area contributed by atoms with Crippen LogP contribution in [0.1, 0.15) is 34.0 Å². The summed E-state index contributed by atoms with van der Waals surface area (Å²) in [5.41, 5.74) is 0.542. The highest BCUT2D eigenvalue weighted by molar-refractivity contribution is 5.78. The lowest BCUT2D eigenvalue weighted by Gasteiger charge is -2.13. The molecule has 0 spiro atoms. The first-order valence-corrected chi connectivity index (χ1v) is 4.67. The third kappa shape index (κ3) is 2.04. The number of hydrogen-bond donors (Lipinski definition) is 0. The summed E-state index contributed by atoms with van der Waals surface area (Å²) in [6.07, 6.45) is 0. The van der Waals surface area contributed by atoms with E-state index < -0.39 is 0 Å². The van der Waals surface area contributed by atoms with Gasteiger partial charge in [-0.05, 0) is 18.2 Å². The predicted molar refractivity (Wildman–Crippen MR) is 61.6 cm³/mol. The number of hydrogen-bond acceptors (Lipinski definition) is 1. The SMILES string of the molecule is C.CC(C)(C)c1cc2c(F)cccc2o1. The second kappa shape index (κ2) is 3.69. The topological polar surface area (TPSA) is 13.1 Å². The van der Waals surface area contributed by atoms with Gasteiger partial charge in [-0.25, -0.2) is 4.39 Å². The smallest absolute Gasteiger partial charge is 0.137 e. The molecule has 82 valence electrons. The van der Waals surface area contributed by atoms with Gasteiger partial charge in [-0.2, -0.15) is 0 Å². The summed E-state index contributed by atoms with van der Waals surface area (Å²) in [7, 11) is 0. The molecular formula is C13H17FO. The molecule has 0 saturated carbocycles. The van der Waals surface area contributed by atoms with Gasteiger partial charge in [-0.3, -0.25) is 0 Å². The summed E-state index contributed by atoms with van der Waals surface area (Å²) in [4.78, 5) is 0. The van der Waals surface area contributed by atoms with Crippen LogP contribution in [0.15, 0.2) is 28.7 Å². The van der Waals surface area contributed by atoms with E-state index in [2.05, 4.69) is 0 Å². The fourth-order valence-electron chi connectivity index (χ4n) is 1.39. The molecule has 1 aromatic carbocycles. The molecule has 0 radical (unpaired) electrons. The number of rotatable bonds is 0. The number of furan rings is 1. The van der Waals surface area contributed by atoms with Crippen molar-refractivity contribution in [1.29, 1.82) is 0 Å². The van der Waals surface area contributed by atoms with Crippen LogP contribution < -0.4 is 0 Å². The van der Waals surface area contributed by atoms with E-state index in [1.807, 2.05) is 20.8 Å². The van der Waals surface area contributed by atoms with Crippen LogP contribution in [0.5, 0.6) is 0 Å². The Morgan fingerprint density at radius 3 is 2.40 bits per heavy atom. The Balaban J connectivity index is 0.00000112. The first-order valence-electron chi connectivity index (χ1n) is 4.67. The second-order valence-electron chi connectivity index (χ2n) is 4.51. The minimum Gasteiger partial charge on any atom is -0.460 e. The minimum atomic E-state index is -0.221. The molecule has 2 rings (SSSR count). The van der Waals surface area contributed by atoms with E-state index in [0.717, 1.165) is 5.76 Å². The average Bonchev–Trinajstić information content (AvgIpc) is 2.48. The van der Waals surface area contributed by atoms with Crippen molar-refractivity contribution >= 4 is 11.0 Å². The molecular weight excluding hydrogens is 191 g/mol. The molecule has 0 saturated heterocycles. The summed E-state index contributed by atoms with van der Waals surface area (Å²) in [5.74, 6) is 0.597. The van der Waals surface area contributed by atoms with Crippen molar-refractivity contribution in [2.45, 2.75) is 33.6 Å². The Hall–Kier alpha value is -1.31. The fourth-order valence-corrected chi connectivity index (χ4v) is 1.39. The largest absolute Gasteiger partial charge is 0.460 e. The van der Waals surface area contributed by atoms with Crippen molar-refractivity contribution < 1.29 is 8.81 Å². The number of fused-ring (bicyclic) bond motifs is 1. The number of halogens is 1. The van der Waals surface area contributed by atoms with Crippen molar-refractivity contribution in [3.63, 3.8) is 0 Å². The molecule has 0 bridgehead atoms. The maximum atomic E-state index is 13.3. The first kappa shape index (κ1) is 11.8. The van der Waals surface area contributed by atoms with Gasteiger partial charge in [0.1, 0.15) is 17.2 Å². The van der Waals surface area contributed by atoms with E-state index in [1.165, 1.54) is 6.07 Å². The van der Waals surface area contributed by atoms with Crippen LogP contribution in [0, 0.1) is 5.82 Å². The molecule has 0 unspecified atom stereocenters. The Morgan fingerprint density at radius 1 is 1.20 bits per heavy atom. The maximum absolute atomic E-state index is 13.3. The monoisotopic (exact) mass is 208 g/mol. The van der Waals surface area contributed by atoms with Gasteiger partial charge < -0.3 is 4.42 Å². The quantitative estimate of drug-likeness (QED) is 0.621. The van der Waals surface area contributed by atoms with E-state index in [-0.39, 0.29) is 18.7 Å². The van der Waals surface area contributed by atoms with Gasteiger partial charge in [0, 0.05) is 5.41 Å². The van der Waals surface area contributed by atoms with Gasteiger partial charge in [-0.15, -0.1) is 0 Å². The van der Waals surface area contributed by atoms with Crippen LogP contribution in [0.25, 0.3) is 11.0 Å². The van der Waals surface area contributed by atoms with Gasteiger partial charge in [0.2, 0.25) is 0 Å². The third-order valence-corrected chi connectivity index (χ3v) is 2.25. The van der Waals surface area contributed by atoms with Crippen molar-refractivity contribution in [3.8, 4) is 0 Å². The molecule has 1 heterocycles. The van der Waals surface area contributed by atoms with Crippen molar-refractivity contribution in [3.05, 3.63) is 35.8 Å². The fraction of sp³-hybridized carbons (Fsp3) is 0.385. The average molecular weight is 208 g/mol. The molecule has 0 fully saturated rings. The highest BCUT2D eigenvalue weighted by Crippen LogP contribution is 2.29. The molecule has 15 heavy (non-hydrogen) atoms. The van der Waals surface area contributed by atoms with E-state index in [9.17, 15) is 4.39 Å². The lowest BCUT2D eigenvalue weighted by molar-refractivity contribution is 0.430. The minimum absolute atomic E-state index is 0. The van der Waals surface area contributed by atoms with E-state index in [4.69, 9.17) is 4.42 Å². The number of benzene rings is 1. The van der Waals surface area contributed by atoms with E-state index in [1.54, 1.807) is 18.2 Å². The summed E-state index contributed by atoms with van der Waals surface area (Å²) < 4.78 is 18.9. The van der Waals surface area contributed by atoms with Crippen LogP contribution >= 0.6 is 0 Å². The van der Waals surface area contributed by atoms with Crippen LogP contribution in [0.4, 0.5) is 4.39 Å². The van der Waals surface area contributed by atoms with Gasteiger partial charge in [0.15, 0.2) is 0 Å². The lowest BCUT2D eigenvalue weighted by Crippen LogP contribution is -2.08. The summed E-state index contributed by atoms with van der Waals surface area (Å²) in [5, 5.41) is 0.567. The summed E-state index contributed by atoms with van der Waals surface area (Å²) >= 11 is 0. The molecule has 0 aliphatic carbocycles. The van der Waals surface area contributed by atoms with Gasteiger partial charge in [-0.1, -0.05) is 34.3 Å². The van der Waals surface area contributed by atoms with Crippen molar-refractivity contribution in [2.24, 2.45) is 0 Å². The zero-order valence-electron chi connectivity index (χ0n) is 8.60. The zero-order valence-corrected chi connectivity index (χ0v) is 8.60. The van der Waals surface area contributed by atoms with Crippen molar-refractivity contribution in [1.82, 2.24) is 0 Å². The zero-order chi connectivity index (χ0) is 10.3. The molecule has 0 N–H and O–H groups in total. The van der Waals surface area contributed by atoms with Crippen LogP contribution in [0.2, 0.25) is 0 Å². The predicted octanol–water partition coefficient (Wildman–Crippen LogP) is 4.51. The molecule has 0 aliphatic rings. The van der Waals surface area contributed by atoms with Crippen LogP contribution in [-0.4, -0.2) is 0 Å². The van der Waals surface area contributed by atoms with Crippen molar-refractivity contribution in [2.75, 3.05) is 0 Å². The molecule has 2 aromatic rings. The lowest BCUT2D eigenvalue weighted by atomic mass is 9.93. The molecule has 2 heteroatoms. The van der Waals surface area contributed by atoms with Crippen LogP contribution in [-0.2, 0) is 5.41 Å². The summed E-state index contributed by atoms with van der Waals surface area (Å²) in [6, 6.07) is 6.68. The van der Waals surface area contributed by atoms with E-state index in [0.29, 0.717) is 11.0 Å². The Labute approximate surface area is 89.9 Å². The standard InChI is InChI=1S/C12H13FO.CH4/c1-12(2,3)11-7-8-9(13)5-4-6-10(8)14-11;/h4-7H,1-3H3;1H4. The summed E-state index contributed by atoms with van der Waals surface area (Å²) in [6.45, 7) is 6.13. The highest BCUT2D eigenvalue weighted by atomic mass is 19.1. The normalized spacial score (nSPS) is 11.5.